The van der Waals surface area contributed by atoms with Gasteiger partial charge in [-0.25, -0.2) is 18.5 Å². The highest BCUT2D eigenvalue weighted by Crippen LogP contribution is 2.35. The molecule has 0 aliphatic carbocycles. The van der Waals surface area contributed by atoms with E-state index in [2.05, 4.69) is 15.6 Å². The molecule has 220 valence electrons. The topological polar surface area (TPSA) is 126 Å². The van der Waals surface area contributed by atoms with Crippen LogP contribution in [0.5, 0.6) is 17.2 Å². The number of nitrogens with one attached hydrogen (secondary N) is 2. The van der Waals surface area contributed by atoms with Crippen molar-refractivity contribution in [3.63, 3.8) is 0 Å². The molecule has 2 aromatic heterocycles. The van der Waals surface area contributed by atoms with Crippen molar-refractivity contribution in [1.29, 1.82) is 0 Å². The third kappa shape index (κ3) is 6.03. The lowest BCUT2D eigenvalue weighted by molar-refractivity contribution is 0.213. The first-order valence-electron chi connectivity index (χ1n) is 13.2. The van der Waals surface area contributed by atoms with Crippen LogP contribution in [0.1, 0.15) is 19.9 Å². The zero-order chi connectivity index (χ0) is 30.7. The van der Waals surface area contributed by atoms with Crippen molar-refractivity contribution in [1.82, 2.24) is 14.1 Å². The predicted octanol–water partition coefficient (Wildman–Crippen LogP) is 5.64. The molecule has 5 rings (SSSR count). The Bertz CT molecular complexity index is 1920. The van der Waals surface area contributed by atoms with E-state index >= 15 is 0 Å². The number of anilines is 3. The van der Waals surface area contributed by atoms with Gasteiger partial charge in [-0.05, 0) is 74.5 Å². The highest BCUT2D eigenvalue weighted by molar-refractivity contribution is 5.95. The monoisotopic (exact) mass is 585 g/mol. The van der Waals surface area contributed by atoms with E-state index in [0.29, 0.717) is 22.7 Å². The molecule has 0 spiro atoms. The Labute approximate surface area is 245 Å². The quantitative estimate of drug-likeness (QED) is 0.240. The minimum absolute atomic E-state index is 0.138. The number of carbonyl (C=O) groups excluding carboxylic acids is 1. The van der Waals surface area contributed by atoms with E-state index in [9.17, 15) is 18.8 Å². The molecule has 0 saturated heterocycles. The molecular formula is C31H28FN5O6. The average molecular weight is 586 g/mol. The summed E-state index contributed by atoms with van der Waals surface area (Å²) < 4.78 is 31.7. The molecule has 5 aromatic rings. The Morgan fingerprint density at radius 2 is 1.53 bits per heavy atom. The molecule has 12 heteroatoms. The maximum absolute atomic E-state index is 13.5. The van der Waals surface area contributed by atoms with Gasteiger partial charge in [0.05, 0.1) is 31.6 Å². The van der Waals surface area contributed by atoms with Crippen LogP contribution in [0.2, 0.25) is 0 Å². The van der Waals surface area contributed by atoms with Crippen molar-refractivity contribution in [3.8, 4) is 22.9 Å². The zero-order valence-electron chi connectivity index (χ0n) is 23.8. The first-order chi connectivity index (χ1) is 20.7. The summed E-state index contributed by atoms with van der Waals surface area (Å²) in [6, 6.07) is 16.8. The van der Waals surface area contributed by atoms with Crippen LogP contribution in [0.25, 0.3) is 16.6 Å². The van der Waals surface area contributed by atoms with Crippen LogP contribution in [-0.4, -0.2) is 34.4 Å². The van der Waals surface area contributed by atoms with Crippen LogP contribution in [-0.2, 0) is 0 Å². The fourth-order valence-electron chi connectivity index (χ4n) is 4.42. The number of rotatable bonds is 8. The van der Waals surface area contributed by atoms with Crippen LogP contribution >= 0.6 is 0 Å². The Morgan fingerprint density at radius 3 is 2.19 bits per heavy atom. The van der Waals surface area contributed by atoms with Crippen molar-refractivity contribution in [3.05, 3.63) is 106 Å². The standard InChI is InChI=1S/C31H28FN5O6/c1-18(2)36-17-28(29(38)37(31(36)40)22-11-5-19(32)6-12-22)43-30(39)35-21-9-7-20(8-10-21)34-24-13-14-33-25-16-27(42-4)26(41-3)15-23(24)25/h5-18H,1-4H3,(H,33,34)(H,35,39). The molecule has 0 fully saturated rings. The molecule has 11 nitrogen and oxygen atoms in total. The normalized spacial score (nSPS) is 10.9. The van der Waals surface area contributed by atoms with Gasteiger partial charge in [-0.2, -0.15) is 0 Å². The zero-order valence-corrected chi connectivity index (χ0v) is 23.8. The molecule has 2 heterocycles. The first-order valence-corrected chi connectivity index (χ1v) is 13.2. The second-order valence-corrected chi connectivity index (χ2v) is 9.69. The number of fused-ring (bicyclic) bond motifs is 1. The van der Waals surface area contributed by atoms with Crippen molar-refractivity contribution >= 4 is 34.1 Å². The maximum Gasteiger partial charge on any atom is 0.417 e. The number of halogens is 1. The fraction of sp³-hybridized carbons (Fsp3) is 0.161. The van der Waals surface area contributed by atoms with E-state index in [1.54, 1.807) is 64.6 Å². The molecule has 0 unspecified atom stereocenters. The molecule has 0 bridgehead atoms. The van der Waals surface area contributed by atoms with Crippen LogP contribution in [0, 0.1) is 5.82 Å². The Morgan fingerprint density at radius 1 is 0.884 bits per heavy atom. The van der Waals surface area contributed by atoms with Crippen molar-refractivity contribution in [2.24, 2.45) is 0 Å². The second-order valence-electron chi connectivity index (χ2n) is 9.69. The molecule has 0 atom stereocenters. The SMILES string of the molecule is COc1cc2nccc(Nc3ccc(NC(=O)Oc4cn(C(C)C)c(=O)n(-c5ccc(F)cc5)c4=O)cc3)c2cc1OC. The number of ether oxygens (including phenoxy) is 3. The molecule has 2 N–H and O–H groups in total. The average Bonchev–Trinajstić information content (AvgIpc) is 2.99. The molecule has 0 saturated carbocycles. The van der Waals surface area contributed by atoms with Crippen molar-refractivity contribution in [2.75, 3.05) is 24.9 Å². The number of aromatic nitrogens is 3. The summed E-state index contributed by atoms with van der Waals surface area (Å²) >= 11 is 0. The van der Waals surface area contributed by atoms with E-state index in [1.807, 2.05) is 12.1 Å². The van der Waals surface area contributed by atoms with Gasteiger partial charge in [-0.1, -0.05) is 0 Å². The Hall–Kier alpha value is -5.65. The van der Waals surface area contributed by atoms with Gasteiger partial charge < -0.3 is 19.5 Å². The number of hydrogen-bond donors (Lipinski definition) is 2. The molecule has 43 heavy (non-hydrogen) atoms. The summed E-state index contributed by atoms with van der Waals surface area (Å²) in [4.78, 5) is 43.3. The lowest BCUT2D eigenvalue weighted by Crippen LogP contribution is -2.40. The minimum atomic E-state index is -0.932. The highest BCUT2D eigenvalue weighted by Gasteiger charge is 2.18. The number of hydrogen-bond acceptors (Lipinski definition) is 8. The van der Waals surface area contributed by atoms with Crippen LogP contribution in [0.3, 0.4) is 0 Å². The molecule has 0 radical (unpaired) electrons. The van der Waals surface area contributed by atoms with Gasteiger partial charge in [0.1, 0.15) is 5.82 Å². The molecule has 0 aliphatic rings. The summed E-state index contributed by atoms with van der Waals surface area (Å²) in [5, 5.41) is 6.73. The van der Waals surface area contributed by atoms with Gasteiger partial charge in [0.25, 0.3) is 0 Å². The van der Waals surface area contributed by atoms with Gasteiger partial charge in [0.15, 0.2) is 11.5 Å². The predicted molar refractivity (Wildman–Crippen MR) is 161 cm³/mol. The van der Waals surface area contributed by atoms with Gasteiger partial charge in [-0.3, -0.25) is 19.7 Å². The third-order valence-electron chi connectivity index (χ3n) is 6.58. The molecule has 3 aromatic carbocycles. The van der Waals surface area contributed by atoms with E-state index < -0.39 is 23.2 Å². The minimum Gasteiger partial charge on any atom is -0.493 e. The van der Waals surface area contributed by atoms with Crippen LogP contribution in [0.15, 0.2) is 88.7 Å². The first kappa shape index (κ1) is 28.9. The van der Waals surface area contributed by atoms with E-state index in [4.69, 9.17) is 14.2 Å². The van der Waals surface area contributed by atoms with Gasteiger partial charge in [0.2, 0.25) is 5.75 Å². The van der Waals surface area contributed by atoms with Crippen molar-refractivity contribution in [2.45, 2.75) is 19.9 Å². The van der Waals surface area contributed by atoms with E-state index in [1.165, 1.54) is 22.9 Å². The lowest BCUT2D eigenvalue weighted by atomic mass is 10.1. The summed E-state index contributed by atoms with van der Waals surface area (Å²) in [5.41, 5.74) is 1.25. The Balaban J connectivity index is 1.35. The molecular weight excluding hydrogens is 557 g/mol. The van der Waals surface area contributed by atoms with Gasteiger partial charge in [-0.15, -0.1) is 0 Å². The van der Waals surface area contributed by atoms with E-state index in [0.717, 1.165) is 33.5 Å². The number of methoxy groups -OCH3 is 2. The smallest absolute Gasteiger partial charge is 0.417 e. The van der Waals surface area contributed by atoms with Crippen molar-refractivity contribution < 1.29 is 23.4 Å². The van der Waals surface area contributed by atoms with Gasteiger partial charge in [0, 0.05) is 40.8 Å². The fourth-order valence-corrected chi connectivity index (χ4v) is 4.42. The van der Waals surface area contributed by atoms with E-state index in [-0.39, 0.29) is 17.5 Å². The van der Waals surface area contributed by atoms with Gasteiger partial charge >= 0.3 is 17.3 Å². The number of benzene rings is 3. The molecule has 1 amide bonds. The van der Waals surface area contributed by atoms with Crippen LogP contribution < -0.4 is 36.1 Å². The number of carbonyl (C=O) groups is 1. The maximum atomic E-state index is 13.5. The summed E-state index contributed by atoms with van der Waals surface area (Å²) in [6.07, 6.45) is 1.93. The highest BCUT2D eigenvalue weighted by atomic mass is 19.1. The number of nitrogens with zero attached hydrogens (tertiary/aromatic N) is 3. The molecule has 0 aliphatic heterocycles. The summed E-state index contributed by atoms with van der Waals surface area (Å²) in [7, 11) is 3.12. The summed E-state index contributed by atoms with van der Waals surface area (Å²) in [6.45, 7) is 3.48. The second kappa shape index (κ2) is 12.1. The van der Waals surface area contributed by atoms with Crippen LogP contribution in [0.4, 0.5) is 26.2 Å². The Kier molecular flexibility index (Phi) is 8.10. The largest absolute Gasteiger partial charge is 0.493 e. The number of amides is 1. The third-order valence-corrected chi connectivity index (χ3v) is 6.58. The summed E-state index contributed by atoms with van der Waals surface area (Å²) in [5.74, 6) is 0.241. The number of pyridine rings is 1. The lowest BCUT2D eigenvalue weighted by Gasteiger charge is -2.16.